The Morgan fingerprint density at radius 1 is 1.47 bits per heavy atom. The average Bonchev–Trinajstić information content (AvgIpc) is 2.21. The Morgan fingerprint density at radius 2 is 2.20 bits per heavy atom. The van der Waals surface area contributed by atoms with E-state index in [4.69, 9.17) is 23.2 Å². The zero-order valence-electron chi connectivity index (χ0n) is 7.90. The minimum absolute atomic E-state index is 0.0266. The first-order valence-electron chi connectivity index (χ1n) is 4.45. The van der Waals surface area contributed by atoms with Crippen molar-refractivity contribution < 1.29 is 9.18 Å². The standard InChI is InChI=1S/C10H10Cl2FNO/c11-6-2-5-9(15)14-10-7(12)3-1-4-8(10)13/h1,3-4H,2,5-6H2,(H,14,15). The van der Waals surface area contributed by atoms with E-state index in [-0.39, 0.29) is 23.0 Å². The molecule has 0 bridgehead atoms. The molecule has 0 radical (unpaired) electrons. The molecule has 1 N–H and O–H groups in total. The van der Waals surface area contributed by atoms with E-state index in [1.165, 1.54) is 18.2 Å². The van der Waals surface area contributed by atoms with Crippen LogP contribution in [0.2, 0.25) is 5.02 Å². The van der Waals surface area contributed by atoms with E-state index in [1.54, 1.807) is 0 Å². The fourth-order valence-corrected chi connectivity index (χ4v) is 1.39. The third-order valence-corrected chi connectivity index (χ3v) is 2.35. The largest absolute Gasteiger partial charge is 0.322 e. The van der Waals surface area contributed by atoms with Gasteiger partial charge in [0, 0.05) is 12.3 Å². The number of carbonyl (C=O) groups excluding carboxylic acids is 1. The lowest BCUT2D eigenvalue weighted by Crippen LogP contribution is -2.12. The second-order valence-corrected chi connectivity index (χ2v) is 3.72. The maximum absolute atomic E-state index is 13.2. The van der Waals surface area contributed by atoms with Gasteiger partial charge in [0.05, 0.1) is 10.7 Å². The van der Waals surface area contributed by atoms with E-state index in [9.17, 15) is 9.18 Å². The summed E-state index contributed by atoms with van der Waals surface area (Å²) < 4.78 is 13.2. The molecule has 1 amide bonds. The van der Waals surface area contributed by atoms with Gasteiger partial charge in [0.25, 0.3) is 0 Å². The molecule has 2 nitrogen and oxygen atoms in total. The molecule has 0 spiro atoms. The van der Waals surface area contributed by atoms with Crippen molar-refractivity contribution in [3.8, 4) is 0 Å². The minimum atomic E-state index is -0.540. The average molecular weight is 250 g/mol. The van der Waals surface area contributed by atoms with E-state index < -0.39 is 5.82 Å². The first-order chi connectivity index (χ1) is 7.15. The van der Waals surface area contributed by atoms with Gasteiger partial charge < -0.3 is 5.32 Å². The Morgan fingerprint density at radius 3 is 2.80 bits per heavy atom. The second-order valence-electron chi connectivity index (χ2n) is 2.94. The van der Waals surface area contributed by atoms with Gasteiger partial charge in [0.15, 0.2) is 0 Å². The number of halogens is 3. The minimum Gasteiger partial charge on any atom is -0.322 e. The zero-order valence-corrected chi connectivity index (χ0v) is 9.41. The lowest BCUT2D eigenvalue weighted by Gasteiger charge is -2.07. The van der Waals surface area contributed by atoms with Crippen LogP contribution in [-0.4, -0.2) is 11.8 Å². The number of nitrogens with one attached hydrogen (secondary N) is 1. The van der Waals surface area contributed by atoms with Crippen molar-refractivity contribution in [3.05, 3.63) is 29.0 Å². The van der Waals surface area contributed by atoms with E-state index in [0.717, 1.165) is 0 Å². The van der Waals surface area contributed by atoms with Crippen LogP contribution in [0, 0.1) is 5.82 Å². The Labute approximate surface area is 97.4 Å². The molecule has 0 fully saturated rings. The van der Waals surface area contributed by atoms with Crippen LogP contribution in [0.1, 0.15) is 12.8 Å². The van der Waals surface area contributed by atoms with E-state index in [0.29, 0.717) is 12.3 Å². The van der Waals surface area contributed by atoms with Gasteiger partial charge in [-0.05, 0) is 18.6 Å². The number of carbonyl (C=O) groups is 1. The topological polar surface area (TPSA) is 29.1 Å². The van der Waals surface area contributed by atoms with Crippen LogP contribution < -0.4 is 5.32 Å². The SMILES string of the molecule is O=C(CCCCl)Nc1c(F)cccc1Cl. The van der Waals surface area contributed by atoms with Gasteiger partial charge in [-0.1, -0.05) is 17.7 Å². The van der Waals surface area contributed by atoms with Crippen LogP contribution in [0.4, 0.5) is 10.1 Å². The Hall–Kier alpha value is -0.800. The van der Waals surface area contributed by atoms with E-state index in [2.05, 4.69) is 5.32 Å². The summed E-state index contributed by atoms with van der Waals surface area (Å²) in [6.45, 7) is 0. The number of rotatable bonds is 4. The lowest BCUT2D eigenvalue weighted by atomic mass is 10.2. The van der Waals surface area contributed by atoms with Crippen molar-refractivity contribution in [1.29, 1.82) is 0 Å². The molecule has 5 heteroatoms. The number of hydrogen-bond acceptors (Lipinski definition) is 1. The van der Waals surface area contributed by atoms with Crippen LogP contribution in [0.5, 0.6) is 0 Å². The third-order valence-electron chi connectivity index (χ3n) is 1.76. The molecule has 0 aromatic heterocycles. The van der Waals surface area contributed by atoms with Crippen molar-refractivity contribution in [2.75, 3.05) is 11.2 Å². The summed E-state index contributed by atoms with van der Waals surface area (Å²) in [5.74, 6) is -0.428. The maximum Gasteiger partial charge on any atom is 0.224 e. The molecule has 1 aromatic carbocycles. The highest BCUT2D eigenvalue weighted by atomic mass is 35.5. The van der Waals surface area contributed by atoms with Crippen molar-refractivity contribution in [2.45, 2.75) is 12.8 Å². The summed E-state index contributed by atoms with van der Waals surface area (Å²) in [4.78, 5) is 11.3. The van der Waals surface area contributed by atoms with Crippen LogP contribution in [0.3, 0.4) is 0 Å². The third kappa shape index (κ3) is 3.68. The highest BCUT2D eigenvalue weighted by Crippen LogP contribution is 2.24. The number of anilines is 1. The number of amides is 1. The molecular formula is C10H10Cl2FNO. The summed E-state index contributed by atoms with van der Waals surface area (Å²) in [5.41, 5.74) is 0.0266. The van der Waals surface area contributed by atoms with Gasteiger partial charge in [0.2, 0.25) is 5.91 Å². The number of benzene rings is 1. The Bertz CT molecular complexity index is 337. The molecule has 1 aromatic rings. The molecular weight excluding hydrogens is 240 g/mol. The van der Waals surface area contributed by atoms with Crippen LogP contribution in [0.25, 0.3) is 0 Å². The van der Waals surface area contributed by atoms with Crippen LogP contribution in [0.15, 0.2) is 18.2 Å². The number of alkyl halides is 1. The molecule has 0 saturated heterocycles. The number of para-hydroxylation sites is 1. The van der Waals surface area contributed by atoms with E-state index >= 15 is 0 Å². The highest BCUT2D eigenvalue weighted by molar-refractivity contribution is 6.33. The number of hydrogen-bond donors (Lipinski definition) is 1. The van der Waals surface area contributed by atoms with E-state index in [1.807, 2.05) is 0 Å². The molecule has 0 aliphatic carbocycles. The summed E-state index contributed by atoms with van der Waals surface area (Å²) in [6, 6.07) is 4.23. The van der Waals surface area contributed by atoms with Gasteiger partial charge >= 0.3 is 0 Å². The van der Waals surface area contributed by atoms with Crippen LogP contribution in [-0.2, 0) is 4.79 Å². The molecule has 0 heterocycles. The Kier molecular flexibility index (Phi) is 4.85. The fourth-order valence-electron chi connectivity index (χ4n) is 1.05. The van der Waals surface area contributed by atoms with Gasteiger partial charge in [-0.25, -0.2) is 4.39 Å². The predicted octanol–water partition coefficient (Wildman–Crippen LogP) is 3.44. The molecule has 15 heavy (non-hydrogen) atoms. The first kappa shape index (κ1) is 12.3. The fraction of sp³-hybridized carbons (Fsp3) is 0.300. The normalized spacial score (nSPS) is 10.1. The predicted molar refractivity (Wildman–Crippen MR) is 60.0 cm³/mol. The lowest BCUT2D eigenvalue weighted by molar-refractivity contribution is -0.116. The monoisotopic (exact) mass is 249 g/mol. The van der Waals surface area contributed by atoms with Gasteiger partial charge in [-0.3, -0.25) is 4.79 Å². The Balaban J connectivity index is 2.68. The van der Waals surface area contributed by atoms with Crippen molar-refractivity contribution in [2.24, 2.45) is 0 Å². The zero-order chi connectivity index (χ0) is 11.3. The quantitative estimate of drug-likeness (QED) is 0.815. The first-order valence-corrected chi connectivity index (χ1v) is 5.36. The molecule has 0 aliphatic heterocycles. The molecule has 0 atom stereocenters. The van der Waals surface area contributed by atoms with Gasteiger partial charge in [-0.2, -0.15) is 0 Å². The van der Waals surface area contributed by atoms with Crippen molar-refractivity contribution in [3.63, 3.8) is 0 Å². The van der Waals surface area contributed by atoms with Gasteiger partial charge in [0.1, 0.15) is 5.82 Å². The highest BCUT2D eigenvalue weighted by Gasteiger charge is 2.09. The molecule has 82 valence electrons. The summed E-state index contributed by atoms with van der Waals surface area (Å²) in [5, 5.41) is 2.60. The molecule has 0 saturated carbocycles. The van der Waals surface area contributed by atoms with Crippen molar-refractivity contribution in [1.82, 2.24) is 0 Å². The summed E-state index contributed by atoms with van der Waals surface area (Å²) in [6.07, 6.45) is 0.813. The molecule has 0 unspecified atom stereocenters. The summed E-state index contributed by atoms with van der Waals surface area (Å²) >= 11 is 11.2. The second kappa shape index (κ2) is 5.93. The van der Waals surface area contributed by atoms with Crippen LogP contribution >= 0.6 is 23.2 Å². The van der Waals surface area contributed by atoms with Crippen molar-refractivity contribution >= 4 is 34.8 Å². The summed E-state index contributed by atoms with van der Waals surface area (Å²) in [7, 11) is 0. The maximum atomic E-state index is 13.2. The molecule has 0 aliphatic rings. The van der Waals surface area contributed by atoms with Gasteiger partial charge in [-0.15, -0.1) is 11.6 Å². The molecule has 1 rings (SSSR count). The smallest absolute Gasteiger partial charge is 0.224 e.